The molecule has 0 atom stereocenters. The second kappa shape index (κ2) is 17.1. The number of nitrogens with two attached hydrogens (primary N) is 2. The van der Waals surface area contributed by atoms with Crippen molar-refractivity contribution in [1.82, 2.24) is 0 Å². The topological polar surface area (TPSA) is 52.0 Å². The van der Waals surface area contributed by atoms with Gasteiger partial charge in [-0.25, -0.2) is 0 Å². The highest BCUT2D eigenvalue weighted by molar-refractivity contribution is 7.80. The molecule has 2 nitrogen and oxygen atoms in total. The van der Waals surface area contributed by atoms with Crippen LogP contribution < -0.4 is 11.5 Å². The lowest BCUT2D eigenvalue weighted by Crippen LogP contribution is -2.18. The fourth-order valence-electron chi connectivity index (χ4n) is 0. The predicted octanol–water partition coefficient (Wildman–Crippen LogP) is 0.104. The molecule has 7 heavy (non-hydrogen) atoms. The lowest BCUT2D eigenvalue weighted by atomic mass is 11.3. The van der Waals surface area contributed by atoms with Crippen molar-refractivity contribution >= 4 is 30.8 Å². The van der Waals surface area contributed by atoms with Gasteiger partial charge in [0.1, 0.15) is 0 Å². The van der Waals surface area contributed by atoms with E-state index in [0.29, 0.717) is 0 Å². The Morgan fingerprint density at radius 3 is 1.29 bits per heavy atom. The molecule has 0 saturated carbocycles. The summed E-state index contributed by atoms with van der Waals surface area (Å²) in [6.45, 7) is 6.00. The maximum atomic E-state index is 4.62. The molecule has 0 aliphatic carbocycles. The van der Waals surface area contributed by atoms with Crippen molar-refractivity contribution in [2.24, 2.45) is 11.5 Å². The lowest BCUT2D eigenvalue weighted by Gasteiger charge is -1.68. The van der Waals surface area contributed by atoms with E-state index >= 15 is 0 Å². The van der Waals surface area contributed by atoms with Gasteiger partial charge in [0.05, 0.1) is 0 Å². The van der Waals surface area contributed by atoms with Gasteiger partial charge in [-0.2, -0.15) is 13.5 Å². The van der Waals surface area contributed by atoms with E-state index in [2.05, 4.69) is 36.8 Å². The summed E-state index contributed by atoms with van der Waals surface area (Å²) in [4.78, 5) is 0. The van der Waals surface area contributed by atoms with Crippen LogP contribution in [0.3, 0.4) is 0 Å². The average Bonchev–Trinajstić information content (AvgIpc) is 1.41. The summed E-state index contributed by atoms with van der Waals surface area (Å²) < 4.78 is 0. The van der Waals surface area contributed by atoms with Gasteiger partial charge in [0.25, 0.3) is 0 Å². The van der Waals surface area contributed by atoms with Gasteiger partial charge in [0.2, 0.25) is 0 Å². The zero-order chi connectivity index (χ0) is 5.58. The summed E-state index contributed by atoms with van der Waals surface area (Å²) in [5.74, 6) is 0. The van der Waals surface area contributed by atoms with Crippen LogP contribution >= 0.6 is 25.7 Å². The van der Waals surface area contributed by atoms with Crippen LogP contribution in [0.15, 0.2) is 13.2 Å². The first-order chi connectivity index (χ1) is 2.73. The molecule has 0 heterocycles. The molecule has 0 aromatic heterocycles. The van der Waals surface area contributed by atoms with Gasteiger partial charge in [0, 0.05) is 0 Å². The minimum atomic E-state index is 0. The first-order valence-corrected chi connectivity index (χ1v) is 1.69. The Morgan fingerprint density at radius 1 is 1.29 bits per heavy atom. The van der Waals surface area contributed by atoms with Gasteiger partial charge in [-0.05, 0) is 12.2 Å². The van der Waals surface area contributed by atoms with E-state index in [1.807, 2.05) is 0 Å². The smallest absolute Gasteiger partial charge is 0.160 e. The normalized spacial score (nSPS) is 4.00. The van der Waals surface area contributed by atoms with E-state index in [9.17, 15) is 0 Å². The molecule has 0 spiro atoms. The van der Waals surface area contributed by atoms with Gasteiger partial charge in [-0.15, -0.1) is 13.2 Å². The molecule has 0 aromatic rings. The SMILES string of the molecule is C=C.NC(N)=S.S. The molecule has 0 unspecified atom stereocenters. The number of thiocarbonyl (C=S) groups is 1. The van der Waals surface area contributed by atoms with E-state index in [0.717, 1.165) is 0 Å². The number of hydrogen-bond acceptors (Lipinski definition) is 1. The molecule has 4 heteroatoms. The number of rotatable bonds is 0. The van der Waals surface area contributed by atoms with Crippen molar-refractivity contribution in [3.63, 3.8) is 0 Å². The van der Waals surface area contributed by atoms with Crippen LogP contribution in [0.25, 0.3) is 0 Å². The highest BCUT2D eigenvalue weighted by atomic mass is 32.1. The van der Waals surface area contributed by atoms with Crippen molar-refractivity contribution in [3.8, 4) is 0 Å². The minimum absolute atomic E-state index is 0. The van der Waals surface area contributed by atoms with Crippen molar-refractivity contribution in [1.29, 1.82) is 0 Å². The zero-order valence-electron chi connectivity index (χ0n) is 3.98. The maximum Gasteiger partial charge on any atom is 0.160 e. The number of hydrogen-bond donors (Lipinski definition) is 2. The standard InChI is InChI=1S/C2H4.CH4N2S.H2S/c1-2;2-1(3)4;/h1-2H2;(H4,2,3,4);1H2. The molecular formula is C3H10N2S2. The van der Waals surface area contributed by atoms with Crippen LogP contribution in [0, 0.1) is 0 Å². The van der Waals surface area contributed by atoms with Crippen LogP contribution in [0.1, 0.15) is 0 Å². The zero-order valence-corrected chi connectivity index (χ0v) is 5.79. The molecule has 44 valence electrons. The third kappa shape index (κ3) is 1710. The quantitative estimate of drug-likeness (QED) is 0.369. The molecule has 0 aliphatic rings. The van der Waals surface area contributed by atoms with Gasteiger partial charge in [-0.1, -0.05) is 0 Å². The summed E-state index contributed by atoms with van der Waals surface area (Å²) in [6.07, 6.45) is 0. The second-order valence-electron chi connectivity index (χ2n) is 0.402. The van der Waals surface area contributed by atoms with Crippen LogP contribution in [0.4, 0.5) is 0 Å². The maximum absolute atomic E-state index is 4.62. The van der Waals surface area contributed by atoms with E-state index < -0.39 is 0 Å². The molecule has 0 fully saturated rings. The molecule has 4 N–H and O–H groups in total. The molecule has 0 amide bonds. The Kier molecular flexibility index (Phi) is 38.7. The Balaban J connectivity index is -0.0000000480. The van der Waals surface area contributed by atoms with Crippen LogP contribution in [0.2, 0.25) is 0 Å². The molecule has 0 saturated heterocycles. The highest BCUT2D eigenvalue weighted by Gasteiger charge is 1.53. The van der Waals surface area contributed by atoms with E-state index in [-0.39, 0.29) is 18.6 Å². The van der Waals surface area contributed by atoms with Crippen LogP contribution in [0.5, 0.6) is 0 Å². The lowest BCUT2D eigenvalue weighted by molar-refractivity contribution is 1.65. The third-order valence-corrected chi connectivity index (χ3v) is 0. The predicted molar refractivity (Wildman–Crippen MR) is 42.6 cm³/mol. The summed E-state index contributed by atoms with van der Waals surface area (Å²) in [7, 11) is 0. The monoisotopic (exact) mass is 138 g/mol. The van der Waals surface area contributed by atoms with Crippen LogP contribution in [-0.4, -0.2) is 5.11 Å². The second-order valence-corrected chi connectivity index (χ2v) is 0.874. The summed E-state index contributed by atoms with van der Waals surface area (Å²) in [5, 5.41) is 0.000000000000000222. The molecule has 0 radical (unpaired) electrons. The van der Waals surface area contributed by atoms with Crippen LogP contribution in [-0.2, 0) is 0 Å². The summed E-state index contributed by atoms with van der Waals surface area (Å²) in [5.41, 5.74) is 9.24. The minimum Gasteiger partial charge on any atom is -0.377 e. The molecule has 0 rings (SSSR count). The molecule has 0 bridgehead atoms. The van der Waals surface area contributed by atoms with Gasteiger partial charge >= 0.3 is 0 Å². The van der Waals surface area contributed by atoms with E-state index in [1.54, 1.807) is 0 Å². The largest absolute Gasteiger partial charge is 0.377 e. The third-order valence-electron chi connectivity index (χ3n) is 0. The summed E-state index contributed by atoms with van der Waals surface area (Å²) in [6, 6.07) is 0. The van der Waals surface area contributed by atoms with E-state index in [1.165, 1.54) is 0 Å². The van der Waals surface area contributed by atoms with Crippen molar-refractivity contribution in [3.05, 3.63) is 13.2 Å². The Bertz CT molecular complexity index is 42.2. The van der Waals surface area contributed by atoms with Crippen molar-refractivity contribution in [2.75, 3.05) is 0 Å². The fourth-order valence-corrected chi connectivity index (χ4v) is 0. The van der Waals surface area contributed by atoms with Gasteiger partial charge in [-0.3, -0.25) is 0 Å². The van der Waals surface area contributed by atoms with Crippen molar-refractivity contribution < 1.29 is 0 Å². The fraction of sp³-hybridized carbons (Fsp3) is 0. The Labute approximate surface area is 56.0 Å². The molecular weight excluding hydrogens is 128 g/mol. The van der Waals surface area contributed by atoms with Gasteiger partial charge in [0.15, 0.2) is 5.11 Å². The summed E-state index contributed by atoms with van der Waals surface area (Å²) >= 11 is 4.09. The molecule has 0 aromatic carbocycles. The van der Waals surface area contributed by atoms with Gasteiger partial charge < -0.3 is 11.5 Å². The first-order valence-electron chi connectivity index (χ1n) is 1.28. The van der Waals surface area contributed by atoms with E-state index in [4.69, 9.17) is 0 Å². The first kappa shape index (κ1) is 15.9. The van der Waals surface area contributed by atoms with Crippen molar-refractivity contribution in [2.45, 2.75) is 0 Å². The Hall–Kier alpha value is -0.220. The average molecular weight is 138 g/mol. The Morgan fingerprint density at radius 2 is 1.29 bits per heavy atom. The highest BCUT2D eigenvalue weighted by Crippen LogP contribution is 1.32. The molecule has 0 aliphatic heterocycles.